The summed E-state index contributed by atoms with van der Waals surface area (Å²) < 4.78 is 0. The standard InChI is InChI=1S/C12H15N3O2/c1-12(2)8-6-7(10(13)14-17)4-5-9(8)15(3)11(12)16/h4-6,17H,1-3H3,(H2,13,14). The summed E-state index contributed by atoms with van der Waals surface area (Å²) in [6, 6.07) is 5.35. The Bertz CT molecular complexity index is 520. The summed E-state index contributed by atoms with van der Waals surface area (Å²) in [5, 5.41) is 11.6. The molecule has 1 amide bonds. The molecule has 0 atom stereocenters. The molecule has 2 rings (SSSR count). The van der Waals surface area contributed by atoms with Crippen LogP contribution in [0.2, 0.25) is 0 Å². The Labute approximate surface area is 99.5 Å². The maximum absolute atomic E-state index is 12.0. The Morgan fingerprint density at radius 3 is 2.71 bits per heavy atom. The molecule has 5 nitrogen and oxygen atoms in total. The number of oxime groups is 1. The van der Waals surface area contributed by atoms with Crippen molar-refractivity contribution in [2.45, 2.75) is 19.3 Å². The lowest BCUT2D eigenvalue weighted by atomic mass is 9.85. The zero-order valence-electron chi connectivity index (χ0n) is 10.1. The summed E-state index contributed by atoms with van der Waals surface area (Å²) in [4.78, 5) is 13.7. The maximum Gasteiger partial charge on any atom is 0.236 e. The smallest absolute Gasteiger partial charge is 0.236 e. The molecule has 0 unspecified atom stereocenters. The van der Waals surface area contributed by atoms with Gasteiger partial charge in [-0.25, -0.2) is 0 Å². The van der Waals surface area contributed by atoms with E-state index in [2.05, 4.69) is 5.16 Å². The Morgan fingerprint density at radius 2 is 2.12 bits per heavy atom. The van der Waals surface area contributed by atoms with Crippen LogP contribution in [0.5, 0.6) is 0 Å². The quantitative estimate of drug-likeness (QED) is 0.329. The van der Waals surface area contributed by atoms with E-state index < -0.39 is 5.41 Å². The minimum Gasteiger partial charge on any atom is -0.409 e. The van der Waals surface area contributed by atoms with Gasteiger partial charge in [-0.15, -0.1) is 0 Å². The highest BCUT2D eigenvalue weighted by molar-refractivity contribution is 6.08. The zero-order valence-corrected chi connectivity index (χ0v) is 10.1. The highest BCUT2D eigenvalue weighted by Gasteiger charge is 2.42. The first-order valence-electron chi connectivity index (χ1n) is 5.30. The van der Waals surface area contributed by atoms with Crippen LogP contribution in [-0.4, -0.2) is 24.0 Å². The van der Waals surface area contributed by atoms with Crippen molar-refractivity contribution in [1.29, 1.82) is 0 Å². The summed E-state index contributed by atoms with van der Waals surface area (Å²) in [6.07, 6.45) is 0. The molecule has 0 saturated heterocycles. The number of carbonyl (C=O) groups excluding carboxylic acids is 1. The van der Waals surface area contributed by atoms with Crippen LogP contribution in [0, 0.1) is 0 Å². The molecule has 0 spiro atoms. The van der Waals surface area contributed by atoms with Gasteiger partial charge in [0.05, 0.1) is 5.41 Å². The minimum absolute atomic E-state index is 0.0455. The van der Waals surface area contributed by atoms with Gasteiger partial charge in [0, 0.05) is 18.3 Å². The first kappa shape index (κ1) is 11.4. The first-order valence-corrected chi connectivity index (χ1v) is 5.30. The van der Waals surface area contributed by atoms with Gasteiger partial charge in [-0.2, -0.15) is 0 Å². The van der Waals surface area contributed by atoms with Crippen LogP contribution in [0.25, 0.3) is 0 Å². The van der Waals surface area contributed by atoms with E-state index in [0.29, 0.717) is 5.56 Å². The molecule has 3 N–H and O–H groups in total. The van der Waals surface area contributed by atoms with Gasteiger partial charge in [-0.1, -0.05) is 5.16 Å². The number of amides is 1. The second-order valence-electron chi connectivity index (χ2n) is 4.71. The predicted molar refractivity (Wildman–Crippen MR) is 65.4 cm³/mol. The number of fused-ring (bicyclic) bond motifs is 1. The van der Waals surface area contributed by atoms with E-state index >= 15 is 0 Å². The number of nitrogens with two attached hydrogens (primary N) is 1. The third kappa shape index (κ3) is 1.46. The lowest BCUT2D eigenvalue weighted by Crippen LogP contribution is -2.33. The molecule has 0 bridgehead atoms. The number of nitrogens with zero attached hydrogens (tertiary/aromatic N) is 2. The average molecular weight is 233 g/mol. The van der Waals surface area contributed by atoms with Crippen LogP contribution in [0.3, 0.4) is 0 Å². The van der Waals surface area contributed by atoms with E-state index in [1.54, 1.807) is 24.1 Å². The molecule has 1 aliphatic heterocycles. The van der Waals surface area contributed by atoms with E-state index in [0.717, 1.165) is 11.3 Å². The summed E-state index contributed by atoms with van der Waals surface area (Å²) in [5.74, 6) is 0.0924. The Morgan fingerprint density at radius 1 is 1.47 bits per heavy atom. The molecule has 1 aromatic carbocycles. The maximum atomic E-state index is 12.0. The minimum atomic E-state index is -0.574. The van der Waals surface area contributed by atoms with Gasteiger partial charge in [0.1, 0.15) is 0 Å². The molecule has 0 aromatic heterocycles. The van der Waals surface area contributed by atoms with Crippen molar-refractivity contribution >= 4 is 17.4 Å². The lowest BCUT2D eigenvalue weighted by Gasteiger charge is -2.16. The number of benzene rings is 1. The Hall–Kier alpha value is -2.04. The van der Waals surface area contributed by atoms with Crippen molar-refractivity contribution in [2.24, 2.45) is 10.9 Å². The molecule has 90 valence electrons. The molecule has 17 heavy (non-hydrogen) atoms. The summed E-state index contributed by atoms with van der Waals surface area (Å²) in [6.45, 7) is 3.74. The topological polar surface area (TPSA) is 78.9 Å². The molecule has 0 saturated carbocycles. The largest absolute Gasteiger partial charge is 0.409 e. The van der Waals surface area contributed by atoms with Crippen LogP contribution in [0.4, 0.5) is 5.69 Å². The van der Waals surface area contributed by atoms with Crippen LogP contribution >= 0.6 is 0 Å². The van der Waals surface area contributed by atoms with E-state index in [-0.39, 0.29) is 11.7 Å². The molecule has 1 aliphatic rings. The number of rotatable bonds is 1. The fourth-order valence-electron chi connectivity index (χ4n) is 2.19. The Kier molecular flexibility index (Phi) is 2.34. The molecule has 0 fully saturated rings. The monoisotopic (exact) mass is 233 g/mol. The number of hydrogen-bond donors (Lipinski definition) is 2. The van der Waals surface area contributed by atoms with Crippen LogP contribution < -0.4 is 10.6 Å². The fraction of sp³-hybridized carbons (Fsp3) is 0.333. The summed E-state index contributed by atoms with van der Waals surface area (Å²) in [5.41, 5.74) is 7.35. The molecule has 0 radical (unpaired) electrons. The van der Waals surface area contributed by atoms with E-state index in [1.165, 1.54) is 0 Å². The molecular weight excluding hydrogens is 218 g/mol. The van der Waals surface area contributed by atoms with Gasteiger partial charge in [-0.3, -0.25) is 4.79 Å². The molecule has 0 aliphatic carbocycles. The lowest BCUT2D eigenvalue weighted by molar-refractivity contribution is -0.121. The molecule has 1 heterocycles. The number of carbonyl (C=O) groups is 1. The molecule has 5 heteroatoms. The van der Waals surface area contributed by atoms with Crippen molar-refractivity contribution in [3.8, 4) is 0 Å². The van der Waals surface area contributed by atoms with Crippen LogP contribution in [0.15, 0.2) is 23.4 Å². The van der Waals surface area contributed by atoms with Gasteiger partial charge in [-0.05, 0) is 37.6 Å². The number of amidine groups is 1. The van der Waals surface area contributed by atoms with Crippen molar-refractivity contribution in [3.05, 3.63) is 29.3 Å². The van der Waals surface area contributed by atoms with Gasteiger partial charge in [0.15, 0.2) is 5.84 Å². The first-order chi connectivity index (χ1) is 7.89. The average Bonchev–Trinajstić information content (AvgIpc) is 2.50. The van der Waals surface area contributed by atoms with Gasteiger partial charge in [0.25, 0.3) is 0 Å². The number of anilines is 1. The van der Waals surface area contributed by atoms with Gasteiger partial charge < -0.3 is 15.8 Å². The Balaban J connectivity index is 2.62. The predicted octanol–water partition coefficient (Wildman–Crippen LogP) is 1.04. The normalized spacial score (nSPS) is 18.4. The second kappa shape index (κ2) is 3.48. The highest BCUT2D eigenvalue weighted by Crippen LogP contribution is 2.40. The number of likely N-dealkylation sites (N-methyl/N-ethyl adjacent to an activating group) is 1. The van der Waals surface area contributed by atoms with Crippen molar-refractivity contribution < 1.29 is 10.0 Å². The van der Waals surface area contributed by atoms with Crippen LogP contribution in [-0.2, 0) is 10.2 Å². The van der Waals surface area contributed by atoms with Gasteiger partial charge >= 0.3 is 0 Å². The van der Waals surface area contributed by atoms with E-state index in [4.69, 9.17) is 10.9 Å². The molecule has 1 aromatic rings. The zero-order chi connectivity index (χ0) is 12.8. The number of hydrogen-bond acceptors (Lipinski definition) is 3. The van der Waals surface area contributed by atoms with E-state index in [1.807, 2.05) is 19.9 Å². The molecular formula is C12H15N3O2. The van der Waals surface area contributed by atoms with E-state index in [9.17, 15) is 4.79 Å². The highest BCUT2D eigenvalue weighted by atomic mass is 16.4. The fourth-order valence-corrected chi connectivity index (χ4v) is 2.19. The van der Waals surface area contributed by atoms with Gasteiger partial charge in [0.2, 0.25) is 5.91 Å². The van der Waals surface area contributed by atoms with Crippen molar-refractivity contribution in [2.75, 3.05) is 11.9 Å². The third-order valence-electron chi connectivity index (χ3n) is 3.27. The van der Waals surface area contributed by atoms with Crippen molar-refractivity contribution in [3.63, 3.8) is 0 Å². The van der Waals surface area contributed by atoms with Crippen LogP contribution in [0.1, 0.15) is 25.0 Å². The second-order valence-corrected chi connectivity index (χ2v) is 4.71. The summed E-state index contributed by atoms with van der Waals surface area (Å²) in [7, 11) is 1.75. The van der Waals surface area contributed by atoms with Crippen molar-refractivity contribution in [1.82, 2.24) is 0 Å². The summed E-state index contributed by atoms with van der Waals surface area (Å²) >= 11 is 0. The third-order valence-corrected chi connectivity index (χ3v) is 3.27. The SMILES string of the molecule is CN1C(=O)C(C)(C)c2cc(/C(N)=N/O)ccc21.